The van der Waals surface area contributed by atoms with E-state index in [1.165, 1.54) is 38.8 Å². The Hall–Kier alpha value is -0.0800. The van der Waals surface area contributed by atoms with Gasteiger partial charge in [0, 0.05) is 6.04 Å². The number of hydrogen-bond donors (Lipinski definition) is 2. The molecule has 0 aromatic heterocycles. The number of rotatable bonds is 5. The molecule has 0 bridgehead atoms. The first-order valence-corrected chi connectivity index (χ1v) is 5.24. The molecule has 0 saturated carbocycles. The van der Waals surface area contributed by atoms with Gasteiger partial charge in [-0.05, 0) is 45.3 Å². The molecule has 0 amide bonds. The molecule has 0 spiro atoms. The molecule has 1 heterocycles. The second-order valence-electron chi connectivity index (χ2n) is 3.87. The lowest BCUT2D eigenvalue weighted by Crippen LogP contribution is -2.28. The highest BCUT2D eigenvalue weighted by molar-refractivity contribution is 4.76. The zero-order valence-electron chi connectivity index (χ0n) is 8.40. The van der Waals surface area contributed by atoms with Crippen LogP contribution in [0.4, 0.5) is 0 Å². The molecule has 2 heteroatoms. The SMILES string of the molecule is CCCC(CC1CCNC1)NC. The molecule has 1 aliphatic rings. The van der Waals surface area contributed by atoms with Gasteiger partial charge in [-0.15, -0.1) is 0 Å². The summed E-state index contributed by atoms with van der Waals surface area (Å²) in [5.41, 5.74) is 0. The minimum atomic E-state index is 0.750. The zero-order chi connectivity index (χ0) is 8.81. The normalized spacial score (nSPS) is 26.0. The smallest absolute Gasteiger partial charge is 0.00670 e. The Morgan fingerprint density at radius 3 is 2.92 bits per heavy atom. The van der Waals surface area contributed by atoms with Crippen molar-refractivity contribution in [1.29, 1.82) is 0 Å². The Balaban J connectivity index is 2.16. The first-order chi connectivity index (χ1) is 5.86. The Bertz CT molecular complexity index is 108. The van der Waals surface area contributed by atoms with Crippen LogP contribution in [0.3, 0.4) is 0 Å². The van der Waals surface area contributed by atoms with Gasteiger partial charge in [0.2, 0.25) is 0 Å². The summed E-state index contributed by atoms with van der Waals surface area (Å²) in [5, 5.41) is 6.82. The third kappa shape index (κ3) is 3.11. The van der Waals surface area contributed by atoms with Crippen LogP contribution in [0, 0.1) is 5.92 Å². The van der Waals surface area contributed by atoms with Gasteiger partial charge in [-0.3, -0.25) is 0 Å². The maximum absolute atomic E-state index is 3.42. The van der Waals surface area contributed by atoms with Crippen LogP contribution in [-0.2, 0) is 0 Å². The van der Waals surface area contributed by atoms with E-state index in [0.29, 0.717) is 0 Å². The van der Waals surface area contributed by atoms with Crippen molar-refractivity contribution in [3.63, 3.8) is 0 Å². The van der Waals surface area contributed by atoms with E-state index in [1.807, 2.05) is 0 Å². The van der Waals surface area contributed by atoms with Crippen molar-refractivity contribution in [3.8, 4) is 0 Å². The van der Waals surface area contributed by atoms with Gasteiger partial charge in [0.05, 0.1) is 0 Å². The van der Waals surface area contributed by atoms with Gasteiger partial charge in [0.25, 0.3) is 0 Å². The zero-order valence-corrected chi connectivity index (χ0v) is 8.40. The summed E-state index contributed by atoms with van der Waals surface area (Å²) in [6.07, 6.45) is 5.36. The highest BCUT2D eigenvalue weighted by atomic mass is 14.9. The fourth-order valence-electron chi connectivity index (χ4n) is 2.05. The van der Waals surface area contributed by atoms with Crippen molar-refractivity contribution in [3.05, 3.63) is 0 Å². The van der Waals surface area contributed by atoms with Crippen molar-refractivity contribution >= 4 is 0 Å². The highest BCUT2D eigenvalue weighted by Crippen LogP contribution is 2.16. The van der Waals surface area contributed by atoms with Crippen molar-refractivity contribution in [2.24, 2.45) is 5.92 Å². The molecule has 2 unspecified atom stereocenters. The van der Waals surface area contributed by atoms with Crippen LogP contribution in [-0.4, -0.2) is 26.2 Å². The molecule has 1 rings (SSSR count). The second kappa shape index (κ2) is 5.55. The quantitative estimate of drug-likeness (QED) is 0.651. The average molecular weight is 170 g/mol. The van der Waals surface area contributed by atoms with Crippen LogP contribution in [0.25, 0.3) is 0 Å². The summed E-state index contributed by atoms with van der Waals surface area (Å²) in [6, 6.07) is 0.750. The third-order valence-electron chi connectivity index (χ3n) is 2.83. The predicted molar refractivity (Wildman–Crippen MR) is 53.3 cm³/mol. The minimum absolute atomic E-state index is 0.750. The summed E-state index contributed by atoms with van der Waals surface area (Å²) in [7, 11) is 2.09. The average Bonchev–Trinajstić information content (AvgIpc) is 2.56. The Kier molecular flexibility index (Phi) is 4.62. The summed E-state index contributed by atoms with van der Waals surface area (Å²) in [4.78, 5) is 0. The van der Waals surface area contributed by atoms with Crippen LogP contribution in [0.2, 0.25) is 0 Å². The summed E-state index contributed by atoms with van der Waals surface area (Å²) >= 11 is 0. The highest BCUT2D eigenvalue weighted by Gasteiger charge is 2.17. The lowest BCUT2D eigenvalue weighted by Gasteiger charge is -2.18. The van der Waals surface area contributed by atoms with Gasteiger partial charge in [-0.25, -0.2) is 0 Å². The Morgan fingerprint density at radius 1 is 1.58 bits per heavy atom. The lowest BCUT2D eigenvalue weighted by molar-refractivity contribution is 0.399. The van der Waals surface area contributed by atoms with Gasteiger partial charge in [0.15, 0.2) is 0 Å². The standard InChI is InChI=1S/C10H22N2/c1-3-4-10(11-2)7-9-5-6-12-8-9/h9-12H,3-8H2,1-2H3. The van der Waals surface area contributed by atoms with Crippen LogP contribution in [0.5, 0.6) is 0 Å². The molecule has 72 valence electrons. The molecule has 2 nitrogen and oxygen atoms in total. The molecule has 0 aromatic carbocycles. The van der Waals surface area contributed by atoms with E-state index in [9.17, 15) is 0 Å². The first kappa shape index (κ1) is 10.0. The monoisotopic (exact) mass is 170 g/mol. The molecule has 1 aliphatic heterocycles. The maximum Gasteiger partial charge on any atom is 0.00670 e. The van der Waals surface area contributed by atoms with Crippen LogP contribution >= 0.6 is 0 Å². The summed E-state index contributed by atoms with van der Waals surface area (Å²) in [5.74, 6) is 0.925. The Morgan fingerprint density at radius 2 is 2.42 bits per heavy atom. The fraction of sp³-hybridized carbons (Fsp3) is 1.00. The lowest BCUT2D eigenvalue weighted by atomic mass is 9.96. The van der Waals surface area contributed by atoms with Crippen LogP contribution < -0.4 is 10.6 Å². The number of hydrogen-bond acceptors (Lipinski definition) is 2. The van der Waals surface area contributed by atoms with E-state index >= 15 is 0 Å². The van der Waals surface area contributed by atoms with E-state index < -0.39 is 0 Å². The van der Waals surface area contributed by atoms with Crippen molar-refractivity contribution in [2.45, 2.75) is 38.6 Å². The summed E-state index contributed by atoms with van der Waals surface area (Å²) in [6.45, 7) is 4.73. The van der Waals surface area contributed by atoms with Crippen molar-refractivity contribution in [2.75, 3.05) is 20.1 Å². The Labute approximate surface area is 76.1 Å². The largest absolute Gasteiger partial charge is 0.317 e. The predicted octanol–water partition coefficient (Wildman–Crippen LogP) is 1.37. The molecule has 0 aliphatic carbocycles. The van der Waals surface area contributed by atoms with Gasteiger partial charge in [0.1, 0.15) is 0 Å². The van der Waals surface area contributed by atoms with Crippen molar-refractivity contribution in [1.82, 2.24) is 10.6 Å². The first-order valence-electron chi connectivity index (χ1n) is 5.24. The second-order valence-corrected chi connectivity index (χ2v) is 3.87. The molecular formula is C10H22N2. The molecule has 2 atom stereocenters. The van der Waals surface area contributed by atoms with Gasteiger partial charge < -0.3 is 10.6 Å². The fourth-order valence-corrected chi connectivity index (χ4v) is 2.05. The van der Waals surface area contributed by atoms with E-state index in [0.717, 1.165) is 12.0 Å². The topological polar surface area (TPSA) is 24.1 Å². The van der Waals surface area contributed by atoms with E-state index in [2.05, 4.69) is 24.6 Å². The van der Waals surface area contributed by atoms with E-state index in [-0.39, 0.29) is 0 Å². The maximum atomic E-state index is 3.42. The van der Waals surface area contributed by atoms with Gasteiger partial charge in [-0.1, -0.05) is 13.3 Å². The molecule has 12 heavy (non-hydrogen) atoms. The van der Waals surface area contributed by atoms with Crippen molar-refractivity contribution < 1.29 is 0 Å². The third-order valence-corrected chi connectivity index (χ3v) is 2.83. The van der Waals surface area contributed by atoms with E-state index in [1.54, 1.807) is 0 Å². The van der Waals surface area contributed by atoms with Crippen LogP contribution in [0.15, 0.2) is 0 Å². The molecule has 0 radical (unpaired) electrons. The molecule has 1 saturated heterocycles. The van der Waals surface area contributed by atoms with Crippen LogP contribution in [0.1, 0.15) is 32.6 Å². The molecular weight excluding hydrogens is 148 g/mol. The summed E-state index contributed by atoms with van der Waals surface area (Å²) < 4.78 is 0. The van der Waals surface area contributed by atoms with E-state index in [4.69, 9.17) is 0 Å². The van der Waals surface area contributed by atoms with Gasteiger partial charge in [-0.2, -0.15) is 0 Å². The minimum Gasteiger partial charge on any atom is -0.317 e. The van der Waals surface area contributed by atoms with Gasteiger partial charge >= 0.3 is 0 Å². The molecule has 1 fully saturated rings. The molecule has 0 aromatic rings. The number of nitrogens with one attached hydrogen (secondary N) is 2. The molecule has 2 N–H and O–H groups in total.